The van der Waals surface area contributed by atoms with Gasteiger partial charge < -0.3 is 15.3 Å². The number of hydrogen-bond acceptors (Lipinski definition) is 5. The zero-order valence-corrected chi connectivity index (χ0v) is 10.5. The molecule has 0 fully saturated rings. The number of carbonyl (C=O) groups is 2. The molecule has 2 heterocycles. The van der Waals surface area contributed by atoms with Crippen LogP contribution in [0.2, 0.25) is 0 Å². The number of carboxylic acid groups (broad SMARTS) is 1. The van der Waals surface area contributed by atoms with E-state index < -0.39 is 5.97 Å². The van der Waals surface area contributed by atoms with Crippen LogP contribution < -0.4 is 10.2 Å². The number of benzene rings is 1. The van der Waals surface area contributed by atoms with E-state index in [0.29, 0.717) is 10.8 Å². The minimum atomic E-state index is -1.02. The number of fused-ring (bicyclic) bond motifs is 1. The molecule has 0 radical (unpaired) electrons. The lowest BCUT2D eigenvalue weighted by Crippen LogP contribution is -2.34. The van der Waals surface area contributed by atoms with Crippen LogP contribution in [0, 0.1) is 0 Å². The van der Waals surface area contributed by atoms with E-state index >= 15 is 0 Å². The van der Waals surface area contributed by atoms with Gasteiger partial charge in [-0.05, 0) is 12.1 Å². The smallest absolute Gasteiger partial charge is 0.347 e. The van der Waals surface area contributed by atoms with Gasteiger partial charge in [-0.2, -0.15) is 0 Å². The minimum absolute atomic E-state index is 0.129. The maximum Gasteiger partial charge on any atom is 0.347 e. The third kappa shape index (κ3) is 2.04. The molecule has 1 aromatic carbocycles. The van der Waals surface area contributed by atoms with E-state index in [1.165, 1.54) is 6.20 Å². The second kappa shape index (κ2) is 4.36. The van der Waals surface area contributed by atoms with Crippen molar-refractivity contribution >= 4 is 39.7 Å². The number of rotatable bonds is 2. The Morgan fingerprint density at radius 2 is 2.21 bits per heavy atom. The average molecular weight is 275 g/mol. The fraction of sp³-hybridized carbons (Fsp3) is 0.0833. The molecule has 2 aromatic rings. The molecule has 1 aromatic heterocycles. The largest absolute Gasteiger partial charge is 0.477 e. The molecule has 0 unspecified atom stereocenters. The monoisotopic (exact) mass is 275 g/mol. The first-order chi connectivity index (χ1) is 9.15. The van der Waals surface area contributed by atoms with Crippen molar-refractivity contribution in [2.75, 3.05) is 16.8 Å². The molecular formula is C12H9N3O3S. The standard InChI is InChI=1S/C12H9N3O3S/c16-10-6-15(8-4-2-1-3-7(8)14-10)12-13-5-9(19-12)11(17)18/h1-5H,6H2,(H,14,16)(H,17,18). The number of nitrogens with zero attached hydrogens (tertiary/aromatic N) is 2. The molecule has 0 atom stereocenters. The lowest BCUT2D eigenvalue weighted by Gasteiger charge is -2.28. The molecule has 1 aliphatic rings. The maximum absolute atomic E-state index is 11.7. The topological polar surface area (TPSA) is 82.5 Å². The van der Waals surface area contributed by atoms with Gasteiger partial charge in [0, 0.05) is 0 Å². The third-order valence-corrected chi connectivity index (χ3v) is 3.71. The molecule has 0 bridgehead atoms. The van der Waals surface area contributed by atoms with Gasteiger partial charge in [0.15, 0.2) is 5.13 Å². The summed E-state index contributed by atoms with van der Waals surface area (Å²) in [6.07, 6.45) is 1.30. The van der Waals surface area contributed by atoms with Crippen molar-refractivity contribution < 1.29 is 14.7 Å². The molecule has 1 aliphatic heterocycles. The number of aromatic carboxylic acids is 1. The van der Waals surface area contributed by atoms with Gasteiger partial charge in [-0.3, -0.25) is 4.79 Å². The van der Waals surface area contributed by atoms with E-state index in [9.17, 15) is 9.59 Å². The fourth-order valence-corrected chi connectivity index (χ4v) is 2.66. The number of para-hydroxylation sites is 2. The van der Waals surface area contributed by atoms with Gasteiger partial charge in [0.2, 0.25) is 5.91 Å². The summed E-state index contributed by atoms with van der Waals surface area (Å²) in [5.74, 6) is -1.16. The molecule has 0 saturated carbocycles. The predicted octanol–water partition coefficient (Wildman–Crippen LogP) is 1.93. The zero-order chi connectivity index (χ0) is 13.4. The van der Waals surface area contributed by atoms with Crippen LogP contribution in [-0.2, 0) is 4.79 Å². The first-order valence-electron chi connectivity index (χ1n) is 5.50. The molecule has 3 rings (SSSR count). The Balaban J connectivity index is 2.04. The van der Waals surface area contributed by atoms with Crippen molar-refractivity contribution in [3.63, 3.8) is 0 Å². The van der Waals surface area contributed by atoms with Crippen LogP contribution >= 0.6 is 11.3 Å². The van der Waals surface area contributed by atoms with Crippen molar-refractivity contribution in [3.8, 4) is 0 Å². The molecule has 19 heavy (non-hydrogen) atoms. The fourth-order valence-electron chi connectivity index (χ4n) is 1.89. The number of amides is 1. The van der Waals surface area contributed by atoms with E-state index in [0.717, 1.165) is 17.0 Å². The Bertz CT molecular complexity index is 668. The molecule has 0 spiro atoms. The van der Waals surface area contributed by atoms with Gasteiger partial charge in [0.1, 0.15) is 11.4 Å². The highest BCUT2D eigenvalue weighted by molar-refractivity contribution is 7.17. The first kappa shape index (κ1) is 11.7. The molecule has 2 N–H and O–H groups in total. The molecule has 0 saturated heterocycles. The summed E-state index contributed by atoms with van der Waals surface area (Å²) in [5, 5.41) is 12.2. The van der Waals surface area contributed by atoms with Gasteiger partial charge in [-0.25, -0.2) is 9.78 Å². The highest BCUT2D eigenvalue weighted by Gasteiger charge is 2.25. The average Bonchev–Trinajstić information content (AvgIpc) is 2.87. The quantitative estimate of drug-likeness (QED) is 0.875. The first-order valence-corrected chi connectivity index (χ1v) is 6.32. The summed E-state index contributed by atoms with van der Waals surface area (Å²) in [4.78, 5) is 28.5. The zero-order valence-electron chi connectivity index (χ0n) is 9.66. The van der Waals surface area contributed by atoms with Crippen LogP contribution in [0.3, 0.4) is 0 Å². The second-order valence-electron chi connectivity index (χ2n) is 3.96. The number of aromatic nitrogens is 1. The Morgan fingerprint density at radius 3 is 2.95 bits per heavy atom. The number of nitrogens with one attached hydrogen (secondary N) is 1. The SMILES string of the molecule is O=C1CN(c2ncc(C(=O)O)s2)c2ccccc2N1. The van der Waals surface area contributed by atoms with Crippen LogP contribution in [0.1, 0.15) is 9.67 Å². The lowest BCUT2D eigenvalue weighted by molar-refractivity contribution is -0.115. The summed E-state index contributed by atoms with van der Waals surface area (Å²) < 4.78 is 0. The number of carboxylic acids is 1. The summed E-state index contributed by atoms with van der Waals surface area (Å²) in [5.41, 5.74) is 1.51. The summed E-state index contributed by atoms with van der Waals surface area (Å²) >= 11 is 1.05. The Hall–Kier alpha value is -2.41. The van der Waals surface area contributed by atoms with E-state index in [-0.39, 0.29) is 17.3 Å². The molecule has 96 valence electrons. The van der Waals surface area contributed by atoms with Crippen LogP contribution in [0.5, 0.6) is 0 Å². The Kier molecular flexibility index (Phi) is 2.68. The number of carbonyl (C=O) groups excluding carboxylic acids is 1. The van der Waals surface area contributed by atoms with Gasteiger partial charge in [0.05, 0.1) is 17.6 Å². The highest BCUT2D eigenvalue weighted by atomic mass is 32.1. The number of thiazole rings is 1. The number of anilines is 3. The summed E-state index contributed by atoms with van der Waals surface area (Å²) in [6.45, 7) is 0.129. The third-order valence-electron chi connectivity index (χ3n) is 2.71. The number of hydrogen-bond donors (Lipinski definition) is 2. The predicted molar refractivity (Wildman–Crippen MR) is 71.2 cm³/mol. The van der Waals surface area contributed by atoms with Crippen LogP contribution in [0.15, 0.2) is 30.5 Å². The summed E-state index contributed by atoms with van der Waals surface area (Å²) in [7, 11) is 0. The lowest BCUT2D eigenvalue weighted by atomic mass is 10.2. The Labute approximate surface area is 112 Å². The van der Waals surface area contributed by atoms with Crippen molar-refractivity contribution in [2.24, 2.45) is 0 Å². The second-order valence-corrected chi connectivity index (χ2v) is 4.97. The van der Waals surface area contributed by atoms with Gasteiger partial charge >= 0.3 is 5.97 Å². The van der Waals surface area contributed by atoms with E-state index in [1.807, 2.05) is 18.2 Å². The van der Waals surface area contributed by atoms with Crippen LogP contribution in [0.25, 0.3) is 0 Å². The van der Waals surface area contributed by atoms with E-state index in [1.54, 1.807) is 11.0 Å². The van der Waals surface area contributed by atoms with Crippen molar-refractivity contribution in [1.29, 1.82) is 0 Å². The van der Waals surface area contributed by atoms with Crippen molar-refractivity contribution in [1.82, 2.24) is 4.98 Å². The van der Waals surface area contributed by atoms with Gasteiger partial charge in [-0.15, -0.1) is 0 Å². The van der Waals surface area contributed by atoms with Crippen LogP contribution in [-0.4, -0.2) is 28.5 Å². The van der Waals surface area contributed by atoms with Crippen molar-refractivity contribution in [2.45, 2.75) is 0 Å². The molecule has 6 nitrogen and oxygen atoms in total. The molecule has 7 heteroatoms. The van der Waals surface area contributed by atoms with Crippen LogP contribution in [0.4, 0.5) is 16.5 Å². The van der Waals surface area contributed by atoms with E-state index in [4.69, 9.17) is 5.11 Å². The van der Waals surface area contributed by atoms with Crippen molar-refractivity contribution in [3.05, 3.63) is 35.3 Å². The molecule has 0 aliphatic carbocycles. The van der Waals surface area contributed by atoms with Gasteiger partial charge in [0.25, 0.3) is 0 Å². The molecular weight excluding hydrogens is 266 g/mol. The van der Waals surface area contributed by atoms with E-state index in [2.05, 4.69) is 10.3 Å². The van der Waals surface area contributed by atoms with Gasteiger partial charge in [-0.1, -0.05) is 23.5 Å². The normalized spacial score (nSPS) is 13.9. The molecule has 1 amide bonds. The summed E-state index contributed by atoms with van der Waals surface area (Å²) in [6, 6.07) is 7.34. The Morgan fingerprint density at radius 1 is 1.42 bits per heavy atom. The maximum atomic E-state index is 11.7. The highest BCUT2D eigenvalue weighted by Crippen LogP contribution is 2.36. The minimum Gasteiger partial charge on any atom is -0.477 e.